The average Bonchev–Trinajstić information content (AvgIpc) is 3.15. The largest absolute Gasteiger partial charge is 0.480 e. The molecule has 0 unspecified atom stereocenters. The molecule has 4 aliphatic carbocycles. The van der Waals surface area contributed by atoms with Crippen molar-refractivity contribution < 1.29 is 36.9 Å². The molecule has 188 valence electrons. The zero-order valence-corrected chi connectivity index (χ0v) is 19.9. The van der Waals surface area contributed by atoms with E-state index in [1.165, 1.54) is 0 Å². The highest BCUT2D eigenvalue weighted by Gasteiger charge is 2.65. The van der Waals surface area contributed by atoms with E-state index in [0.29, 0.717) is 6.42 Å². The van der Waals surface area contributed by atoms with E-state index in [0.717, 1.165) is 12.8 Å². The van der Waals surface area contributed by atoms with Gasteiger partial charge in [0.2, 0.25) is 5.91 Å². The monoisotopic (exact) mass is 470 g/mol. The first-order valence-electron chi connectivity index (χ1n) is 14.9. The Balaban J connectivity index is 1.59. The maximum atomic E-state index is 12.1. The van der Waals surface area contributed by atoms with E-state index in [9.17, 15) is 24.9 Å². The first-order chi connectivity index (χ1) is 17.3. The van der Waals surface area contributed by atoms with Gasteiger partial charge in [-0.1, -0.05) is 20.8 Å². The summed E-state index contributed by atoms with van der Waals surface area (Å²) < 4.78 is 42.4. The fourth-order valence-electron chi connectivity index (χ4n) is 8.15. The molecule has 5 N–H and O–H groups in total. The quantitative estimate of drug-likeness (QED) is 0.406. The second kappa shape index (κ2) is 9.12. The molecule has 0 aliphatic heterocycles. The first kappa shape index (κ1) is 19.1. The predicted octanol–water partition coefficient (Wildman–Crippen LogP) is 2.56. The summed E-state index contributed by atoms with van der Waals surface area (Å²) in [6.07, 6.45) is -7.41. The molecule has 7 nitrogen and oxygen atoms in total. The predicted molar refractivity (Wildman–Crippen MR) is 123 cm³/mol. The number of nitrogens with one attached hydrogen (secondary N) is 1. The zero-order valence-electron chi connectivity index (χ0n) is 24.9. The maximum Gasteiger partial charge on any atom is 0.322 e. The summed E-state index contributed by atoms with van der Waals surface area (Å²) in [5.74, 6) is -2.97. The van der Waals surface area contributed by atoms with Crippen LogP contribution in [0.2, 0.25) is 0 Å². The Bertz CT molecular complexity index is 964. The number of aliphatic carboxylic acids is 1. The first-order valence-corrected chi connectivity index (χ1v) is 12.4. The van der Waals surface area contributed by atoms with Crippen LogP contribution in [-0.2, 0) is 9.59 Å². The number of fused-ring (bicyclic) bond motifs is 5. The van der Waals surface area contributed by atoms with Crippen molar-refractivity contribution in [1.82, 2.24) is 5.32 Å². The van der Waals surface area contributed by atoms with Crippen molar-refractivity contribution in [2.75, 3.05) is 6.54 Å². The van der Waals surface area contributed by atoms with Gasteiger partial charge in [-0.05, 0) is 97.6 Å². The lowest BCUT2D eigenvalue weighted by molar-refractivity contribution is -0.207. The van der Waals surface area contributed by atoms with Gasteiger partial charge in [-0.3, -0.25) is 9.59 Å². The molecule has 11 atom stereocenters. The molecule has 0 aromatic heterocycles. The van der Waals surface area contributed by atoms with Crippen LogP contribution in [0.3, 0.4) is 0 Å². The van der Waals surface area contributed by atoms with Crippen molar-refractivity contribution >= 4 is 11.9 Å². The van der Waals surface area contributed by atoms with E-state index in [4.69, 9.17) is 12.0 Å². The number of amides is 1. The molecule has 0 saturated heterocycles. The number of hydrogen-bond acceptors (Lipinski definition) is 5. The maximum absolute atomic E-state index is 12.1. The molecule has 4 saturated carbocycles. The molecule has 1 amide bonds. The second-order valence-corrected chi connectivity index (χ2v) is 11.5. The fourth-order valence-corrected chi connectivity index (χ4v) is 8.15. The van der Waals surface area contributed by atoms with E-state index in [-0.39, 0.29) is 61.2 Å². The van der Waals surface area contributed by atoms with Crippen LogP contribution in [0.1, 0.15) is 85.3 Å². The summed E-state index contributed by atoms with van der Waals surface area (Å²) in [6.45, 7) is 5.46. The van der Waals surface area contributed by atoms with Gasteiger partial charge in [0.25, 0.3) is 0 Å². The number of carbonyl (C=O) groups excluding carboxylic acids is 1. The van der Waals surface area contributed by atoms with E-state index in [2.05, 4.69) is 5.32 Å². The van der Waals surface area contributed by atoms with Crippen LogP contribution in [0.15, 0.2) is 0 Å². The van der Waals surface area contributed by atoms with Crippen molar-refractivity contribution in [2.24, 2.45) is 46.3 Å². The highest BCUT2D eigenvalue weighted by molar-refractivity contribution is 5.81. The Morgan fingerprint density at radius 1 is 1.18 bits per heavy atom. The van der Waals surface area contributed by atoms with Crippen molar-refractivity contribution in [1.29, 1.82) is 0 Å². The van der Waals surface area contributed by atoms with Crippen LogP contribution in [0.5, 0.6) is 0 Å². The molecule has 7 heteroatoms. The van der Waals surface area contributed by atoms with Crippen molar-refractivity contribution in [3.8, 4) is 0 Å². The van der Waals surface area contributed by atoms with Gasteiger partial charge >= 0.3 is 5.97 Å². The van der Waals surface area contributed by atoms with E-state index < -0.39 is 60.3 Å². The third-order valence-corrected chi connectivity index (χ3v) is 9.97. The van der Waals surface area contributed by atoms with Crippen molar-refractivity contribution in [2.45, 2.75) is 96.8 Å². The lowest BCUT2D eigenvalue weighted by Gasteiger charge is -2.63. The van der Waals surface area contributed by atoms with Crippen LogP contribution in [0, 0.1) is 46.3 Å². The molecule has 0 heterocycles. The molecule has 4 fully saturated rings. The number of hydrogen-bond donors (Lipinski definition) is 5. The van der Waals surface area contributed by atoms with Gasteiger partial charge in [0.05, 0.1) is 19.7 Å². The molecule has 0 radical (unpaired) electrons. The summed E-state index contributed by atoms with van der Waals surface area (Å²) in [4.78, 5) is 22.8. The SMILES string of the molecule is [2H]C1([2H])C[C@@]2(C)[C@H](C[C@@H](O)[C@@H]3[C@@H]2C[C@H](O)[C@]2(C)[C@@H]([C@H](C)CCC(=O)NCC(=O)O)CC[C@@H]32)C([2H])([2H])[C@]1([2H])O. The minimum absolute atomic E-state index is 0.0224. The number of rotatable bonds is 6. The normalized spacial score (nSPS) is 55.2. The highest BCUT2D eigenvalue weighted by atomic mass is 16.4. The molecule has 4 rings (SSSR count). The molecule has 4 aliphatic rings. The van der Waals surface area contributed by atoms with Gasteiger partial charge in [0.1, 0.15) is 6.54 Å². The standard InChI is InChI=1S/C26H43NO6/c1-14(4-7-22(31)27-13-23(32)33)17-5-6-18-24-19(12-21(30)26(17,18)3)25(2)9-8-16(28)10-15(25)11-20(24)29/h14-21,24,28-30H,4-13H2,1-3H3,(H,27,31)(H,32,33)/t14-,15+,16-,17-,18+,19+,20-,21+,24+,25+,26-/m1/s1/i8D2,10D2,16D. The van der Waals surface area contributed by atoms with Crippen LogP contribution in [0.25, 0.3) is 0 Å². The Kier molecular flexibility index (Phi) is 5.27. The van der Waals surface area contributed by atoms with Crippen LogP contribution in [-0.4, -0.2) is 57.1 Å². The van der Waals surface area contributed by atoms with E-state index >= 15 is 0 Å². The summed E-state index contributed by atoms with van der Waals surface area (Å²) in [5, 5.41) is 45.0. The number of carboxylic acid groups (broad SMARTS) is 1. The molecule has 33 heavy (non-hydrogen) atoms. The van der Waals surface area contributed by atoms with Crippen LogP contribution >= 0.6 is 0 Å². The molecule has 0 aromatic rings. The van der Waals surface area contributed by atoms with Crippen LogP contribution in [0.4, 0.5) is 0 Å². The number of carboxylic acids is 1. The van der Waals surface area contributed by atoms with E-state index in [1.807, 2.05) is 20.8 Å². The average molecular weight is 471 g/mol. The summed E-state index contributed by atoms with van der Waals surface area (Å²) >= 11 is 0. The summed E-state index contributed by atoms with van der Waals surface area (Å²) in [6, 6.07) is 0. The van der Waals surface area contributed by atoms with Gasteiger partial charge in [-0.15, -0.1) is 0 Å². The number of aliphatic hydroxyl groups is 3. The Hall–Kier alpha value is -1.18. The van der Waals surface area contributed by atoms with E-state index in [1.54, 1.807) is 0 Å². The molecule has 0 bridgehead atoms. The van der Waals surface area contributed by atoms with Gasteiger partial charge in [-0.2, -0.15) is 0 Å². The summed E-state index contributed by atoms with van der Waals surface area (Å²) in [7, 11) is 0. The minimum atomic E-state index is -2.96. The van der Waals surface area contributed by atoms with Gasteiger partial charge in [0, 0.05) is 11.9 Å². The zero-order chi connectivity index (χ0) is 28.6. The van der Waals surface area contributed by atoms with Crippen LogP contribution < -0.4 is 5.32 Å². The molecular weight excluding hydrogens is 422 g/mol. The molecule has 0 aromatic carbocycles. The Morgan fingerprint density at radius 2 is 1.91 bits per heavy atom. The second-order valence-electron chi connectivity index (χ2n) is 11.5. The van der Waals surface area contributed by atoms with Crippen molar-refractivity contribution in [3.63, 3.8) is 0 Å². The lowest BCUT2D eigenvalue weighted by atomic mass is 9.43. The number of aliphatic hydroxyl groups excluding tert-OH is 2. The topological polar surface area (TPSA) is 127 Å². The number of carbonyl (C=O) groups is 2. The fraction of sp³-hybridized carbons (Fsp3) is 0.923. The third-order valence-electron chi connectivity index (χ3n) is 9.97. The molecular formula is C26H43NO6. The smallest absolute Gasteiger partial charge is 0.322 e. The third kappa shape index (κ3) is 4.23. The Morgan fingerprint density at radius 3 is 2.61 bits per heavy atom. The minimum Gasteiger partial charge on any atom is -0.480 e. The van der Waals surface area contributed by atoms with Crippen molar-refractivity contribution in [3.05, 3.63) is 0 Å². The lowest BCUT2D eigenvalue weighted by Crippen LogP contribution is -2.62. The Labute approximate surface area is 204 Å². The van der Waals surface area contributed by atoms with Gasteiger partial charge in [0.15, 0.2) is 0 Å². The highest BCUT2D eigenvalue weighted by Crippen LogP contribution is 2.68. The van der Waals surface area contributed by atoms with Gasteiger partial charge < -0.3 is 25.7 Å². The molecule has 0 spiro atoms. The summed E-state index contributed by atoms with van der Waals surface area (Å²) in [5.41, 5.74) is -1.51. The van der Waals surface area contributed by atoms with Gasteiger partial charge in [-0.25, -0.2) is 0 Å².